The van der Waals surface area contributed by atoms with Crippen LogP contribution in [0.3, 0.4) is 0 Å². The summed E-state index contributed by atoms with van der Waals surface area (Å²) in [6, 6.07) is 8.79. The van der Waals surface area contributed by atoms with Crippen molar-refractivity contribution in [3.63, 3.8) is 0 Å². The number of aromatic nitrogens is 3. The third-order valence-corrected chi connectivity index (χ3v) is 6.25. The van der Waals surface area contributed by atoms with E-state index in [1.165, 1.54) is 32.1 Å². The Balaban J connectivity index is 1.90. The lowest BCUT2D eigenvalue weighted by atomic mass is 10.3. The smallest absolute Gasteiger partial charge is 0.286 e. The van der Waals surface area contributed by atoms with Gasteiger partial charge in [0.2, 0.25) is 10.0 Å². The molecule has 2 heterocycles. The maximum atomic E-state index is 12.6. The van der Waals surface area contributed by atoms with Crippen LogP contribution >= 0.6 is 0 Å². The average molecular weight is 375 g/mol. The fraction of sp³-hybridized carbons (Fsp3) is 0.294. The Hall–Kier alpha value is -2.65. The van der Waals surface area contributed by atoms with Crippen molar-refractivity contribution in [2.75, 3.05) is 18.5 Å². The number of carbonyl (C=O) groups is 1. The van der Waals surface area contributed by atoms with Gasteiger partial charge in [0.25, 0.3) is 5.91 Å². The van der Waals surface area contributed by atoms with Crippen LogP contribution in [-0.4, -0.2) is 45.9 Å². The van der Waals surface area contributed by atoms with E-state index in [-0.39, 0.29) is 10.6 Å². The highest BCUT2D eigenvalue weighted by molar-refractivity contribution is 7.89. The van der Waals surface area contributed by atoms with Crippen molar-refractivity contribution in [1.82, 2.24) is 18.5 Å². The van der Waals surface area contributed by atoms with Gasteiger partial charge in [-0.2, -0.15) is 4.31 Å². The Morgan fingerprint density at radius 2 is 1.92 bits per heavy atom. The van der Waals surface area contributed by atoms with Crippen LogP contribution in [0.2, 0.25) is 0 Å². The van der Waals surface area contributed by atoms with Gasteiger partial charge in [-0.15, -0.1) is 0 Å². The molecule has 0 spiro atoms. The standard InChI is InChI=1S/C17H21N5O3S/c1-4-21(5-2)26(24,25)13-10-16(20(3)11-13)17(23)19-22-12-18-14-8-6-7-9-15(14)22/h6-12H,4-5H2,1-3H3,(H,19,23). The predicted octanol–water partition coefficient (Wildman–Crippen LogP) is 1.79. The molecule has 0 aliphatic rings. The molecule has 1 N–H and O–H groups in total. The zero-order valence-electron chi connectivity index (χ0n) is 14.9. The van der Waals surface area contributed by atoms with Gasteiger partial charge in [0.05, 0.1) is 11.0 Å². The van der Waals surface area contributed by atoms with E-state index in [9.17, 15) is 13.2 Å². The molecule has 0 radical (unpaired) electrons. The van der Waals surface area contributed by atoms with E-state index in [0.29, 0.717) is 13.1 Å². The predicted molar refractivity (Wildman–Crippen MR) is 98.9 cm³/mol. The molecule has 0 unspecified atom stereocenters. The van der Waals surface area contributed by atoms with E-state index in [4.69, 9.17) is 0 Å². The summed E-state index contributed by atoms with van der Waals surface area (Å²) in [7, 11) is -1.98. The zero-order chi connectivity index (χ0) is 18.9. The topological polar surface area (TPSA) is 89.2 Å². The third-order valence-electron chi connectivity index (χ3n) is 4.23. The number of rotatable bonds is 6. The van der Waals surface area contributed by atoms with Gasteiger partial charge in [-0.3, -0.25) is 10.2 Å². The molecule has 138 valence electrons. The molecule has 3 rings (SSSR count). The van der Waals surface area contributed by atoms with Crippen molar-refractivity contribution in [3.8, 4) is 0 Å². The fourth-order valence-corrected chi connectivity index (χ4v) is 4.36. The van der Waals surface area contributed by atoms with Gasteiger partial charge in [-0.05, 0) is 18.2 Å². The molecule has 3 aromatic rings. The number of nitrogens with one attached hydrogen (secondary N) is 1. The molecule has 0 fully saturated rings. The Labute approximate surface area is 152 Å². The van der Waals surface area contributed by atoms with Gasteiger partial charge in [-0.1, -0.05) is 26.0 Å². The molecule has 9 heteroatoms. The molecule has 0 bridgehead atoms. The largest absolute Gasteiger partial charge is 0.345 e. The summed E-state index contributed by atoms with van der Waals surface area (Å²) in [5.74, 6) is -0.420. The lowest BCUT2D eigenvalue weighted by Gasteiger charge is -2.17. The van der Waals surface area contributed by atoms with E-state index in [1.807, 2.05) is 24.3 Å². The van der Waals surface area contributed by atoms with E-state index < -0.39 is 15.9 Å². The van der Waals surface area contributed by atoms with Crippen molar-refractivity contribution in [3.05, 3.63) is 48.5 Å². The first-order chi connectivity index (χ1) is 12.4. The van der Waals surface area contributed by atoms with Crippen molar-refractivity contribution in [2.45, 2.75) is 18.7 Å². The van der Waals surface area contributed by atoms with Gasteiger partial charge in [-0.25, -0.2) is 18.1 Å². The van der Waals surface area contributed by atoms with Crippen molar-refractivity contribution < 1.29 is 13.2 Å². The van der Waals surface area contributed by atoms with Gasteiger partial charge >= 0.3 is 0 Å². The number of benzene rings is 1. The van der Waals surface area contributed by atoms with Crippen molar-refractivity contribution >= 4 is 27.0 Å². The number of para-hydroxylation sites is 2. The van der Waals surface area contributed by atoms with Crippen molar-refractivity contribution in [2.24, 2.45) is 7.05 Å². The summed E-state index contributed by atoms with van der Waals surface area (Å²) < 4.78 is 29.7. The summed E-state index contributed by atoms with van der Waals surface area (Å²) in [6.07, 6.45) is 2.97. The van der Waals surface area contributed by atoms with Crippen molar-refractivity contribution in [1.29, 1.82) is 0 Å². The highest BCUT2D eigenvalue weighted by Gasteiger charge is 2.25. The number of amides is 1. The molecule has 1 amide bonds. The first-order valence-electron chi connectivity index (χ1n) is 8.28. The number of aryl methyl sites for hydroxylation is 1. The van der Waals surface area contributed by atoms with E-state index in [0.717, 1.165) is 11.0 Å². The maximum absolute atomic E-state index is 12.6. The van der Waals surface area contributed by atoms with Crippen LogP contribution in [0.1, 0.15) is 24.3 Å². The second-order valence-electron chi connectivity index (χ2n) is 5.81. The van der Waals surface area contributed by atoms with Crippen LogP contribution in [0, 0.1) is 0 Å². The zero-order valence-corrected chi connectivity index (χ0v) is 15.7. The molecule has 0 atom stereocenters. The minimum absolute atomic E-state index is 0.101. The van der Waals surface area contributed by atoms with E-state index in [2.05, 4.69) is 10.4 Å². The number of carbonyl (C=O) groups excluding carboxylic acids is 1. The van der Waals surface area contributed by atoms with Crippen LogP contribution in [-0.2, 0) is 17.1 Å². The highest BCUT2D eigenvalue weighted by atomic mass is 32.2. The molecule has 0 aliphatic carbocycles. The first-order valence-corrected chi connectivity index (χ1v) is 9.72. The molecule has 0 saturated carbocycles. The molecule has 1 aromatic carbocycles. The Morgan fingerprint density at radius 1 is 1.23 bits per heavy atom. The van der Waals surface area contributed by atoms with Crippen LogP contribution in [0.5, 0.6) is 0 Å². The first kappa shape index (κ1) is 18.2. The van der Waals surface area contributed by atoms with Crippen LogP contribution < -0.4 is 5.43 Å². The fourth-order valence-electron chi connectivity index (χ4n) is 2.83. The van der Waals surface area contributed by atoms with Gasteiger partial charge in [0.1, 0.15) is 16.9 Å². The SMILES string of the molecule is CCN(CC)S(=O)(=O)c1cc(C(=O)Nn2cnc3ccccc32)n(C)c1. The molecule has 0 aliphatic heterocycles. The summed E-state index contributed by atoms with van der Waals surface area (Å²) in [5.41, 5.74) is 4.48. The van der Waals surface area contributed by atoms with E-state index in [1.54, 1.807) is 20.9 Å². The lowest BCUT2D eigenvalue weighted by Crippen LogP contribution is -2.30. The summed E-state index contributed by atoms with van der Waals surface area (Å²) in [5, 5.41) is 0. The lowest BCUT2D eigenvalue weighted by molar-refractivity contribution is 0.100. The summed E-state index contributed by atoms with van der Waals surface area (Å²) >= 11 is 0. The monoisotopic (exact) mass is 375 g/mol. The van der Waals surface area contributed by atoms with Crippen LogP contribution in [0.25, 0.3) is 11.0 Å². The number of imidazole rings is 1. The van der Waals surface area contributed by atoms with Gasteiger partial charge in [0.15, 0.2) is 0 Å². The number of sulfonamides is 1. The number of hydrogen-bond donors (Lipinski definition) is 1. The van der Waals surface area contributed by atoms with Crippen LogP contribution in [0.4, 0.5) is 0 Å². The number of nitrogens with zero attached hydrogens (tertiary/aromatic N) is 4. The van der Waals surface area contributed by atoms with Gasteiger partial charge < -0.3 is 4.57 Å². The molecular formula is C17H21N5O3S. The second kappa shape index (κ2) is 6.93. The Bertz CT molecular complexity index is 1050. The Morgan fingerprint density at radius 3 is 2.62 bits per heavy atom. The molecule has 26 heavy (non-hydrogen) atoms. The molecule has 2 aromatic heterocycles. The summed E-state index contributed by atoms with van der Waals surface area (Å²) in [4.78, 5) is 17.0. The minimum Gasteiger partial charge on any atom is -0.345 e. The van der Waals surface area contributed by atoms with E-state index >= 15 is 0 Å². The Kier molecular flexibility index (Phi) is 4.84. The highest BCUT2D eigenvalue weighted by Crippen LogP contribution is 2.19. The quantitative estimate of drug-likeness (QED) is 0.711. The van der Waals surface area contributed by atoms with Crippen LogP contribution in [0.15, 0.2) is 47.8 Å². The normalized spacial score (nSPS) is 12.0. The molecule has 0 saturated heterocycles. The molecular weight excluding hydrogens is 354 g/mol. The summed E-state index contributed by atoms with van der Waals surface area (Å²) in [6.45, 7) is 4.30. The number of hydrogen-bond acceptors (Lipinski definition) is 4. The minimum atomic E-state index is -3.62. The molecule has 8 nitrogen and oxygen atoms in total. The third kappa shape index (κ3) is 3.11. The number of fused-ring (bicyclic) bond motifs is 1. The second-order valence-corrected chi connectivity index (χ2v) is 7.74. The maximum Gasteiger partial charge on any atom is 0.286 e. The average Bonchev–Trinajstić information content (AvgIpc) is 3.20. The van der Waals surface area contributed by atoms with Gasteiger partial charge in [0, 0.05) is 26.3 Å².